The summed E-state index contributed by atoms with van der Waals surface area (Å²) in [5, 5.41) is 9.93. The average molecular weight is 275 g/mol. The second kappa shape index (κ2) is 4.41. The highest BCUT2D eigenvalue weighted by Gasteiger charge is 2.21. The third-order valence-electron chi connectivity index (χ3n) is 2.13. The molecule has 0 aromatic heterocycles. The number of ether oxygens (including phenoxy) is 2. The average Bonchev–Trinajstić information content (AvgIpc) is 2.15. The second-order valence-electron chi connectivity index (χ2n) is 3.75. The summed E-state index contributed by atoms with van der Waals surface area (Å²) in [6, 6.07) is 3.55. The molecule has 1 N–H and O–H groups in total. The minimum atomic E-state index is -0.918. The van der Waals surface area contributed by atoms with Crippen molar-refractivity contribution in [1.82, 2.24) is 0 Å². The predicted molar refractivity (Wildman–Crippen MR) is 62.5 cm³/mol. The van der Waals surface area contributed by atoms with Crippen LogP contribution in [-0.4, -0.2) is 19.3 Å². The summed E-state index contributed by atoms with van der Waals surface area (Å²) in [5.41, 5.74) is -0.154. The number of methoxy groups -OCH3 is 2. The first kappa shape index (κ1) is 12.3. The van der Waals surface area contributed by atoms with Crippen LogP contribution >= 0.6 is 15.9 Å². The highest BCUT2D eigenvalue weighted by molar-refractivity contribution is 9.10. The number of halogens is 1. The first-order valence-corrected chi connectivity index (χ1v) is 5.34. The predicted octanol–water partition coefficient (Wildman–Crippen LogP) is 2.69. The Morgan fingerprint density at radius 3 is 2.00 bits per heavy atom. The lowest BCUT2D eigenvalue weighted by Crippen LogP contribution is -2.16. The minimum absolute atomic E-state index is 0.609. The van der Waals surface area contributed by atoms with Crippen LogP contribution in [0.2, 0.25) is 0 Å². The normalized spacial score (nSPS) is 11.3. The lowest BCUT2D eigenvalue weighted by Gasteiger charge is -2.21. The molecule has 1 aromatic carbocycles. The van der Waals surface area contributed by atoms with Gasteiger partial charge in [0, 0.05) is 10.0 Å². The molecule has 1 rings (SSSR count). The molecule has 1 aromatic rings. The summed E-state index contributed by atoms with van der Waals surface area (Å²) in [5.74, 6) is 1.25. The van der Waals surface area contributed by atoms with E-state index >= 15 is 0 Å². The zero-order chi connectivity index (χ0) is 11.6. The second-order valence-corrected chi connectivity index (χ2v) is 4.60. The molecule has 0 spiro atoms. The topological polar surface area (TPSA) is 38.7 Å². The molecular weight excluding hydrogens is 260 g/mol. The Balaban J connectivity index is 3.32. The molecule has 0 saturated heterocycles. The molecule has 4 heteroatoms. The van der Waals surface area contributed by atoms with Crippen molar-refractivity contribution in [2.75, 3.05) is 14.2 Å². The number of hydrogen-bond acceptors (Lipinski definition) is 3. The Hall–Kier alpha value is -0.740. The van der Waals surface area contributed by atoms with Crippen molar-refractivity contribution in [2.24, 2.45) is 0 Å². The van der Waals surface area contributed by atoms with Gasteiger partial charge in [0.15, 0.2) is 11.5 Å². The summed E-state index contributed by atoms with van der Waals surface area (Å²) in [7, 11) is 3.15. The van der Waals surface area contributed by atoms with Gasteiger partial charge in [-0.3, -0.25) is 0 Å². The van der Waals surface area contributed by atoms with Crippen LogP contribution in [0, 0.1) is 0 Å². The Morgan fingerprint density at radius 1 is 1.13 bits per heavy atom. The fourth-order valence-corrected chi connectivity index (χ4v) is 2.13. The van der Waals surface area contributed by atoms with E-state index in [1.807, 2.05) is 0 Å². The van der Waals surface area contributed by atoms with E-state index in [1.54, 1.807) is 40.2 Å². The minimum Gasteiger partial charge on any atom is -0.493 e. The van der Waals surface area contributed by atoms with Crippen LogP contribution in [0.25, 0.3) is 0 Å². The zero-order valence-electron chi connectivity index (χ0n) is 9.30. The molecule has 0 unspecified atom stereocenters. The number of hydrogen-bond donors (Lipinski definition) is 1. The molecule has 0 atom stereocenters. The largest absolute Gasteiger partial charge is 0.493 e. The van der Waals surface area contributed by atoms with E-state index in [0.717, 1.165) is 10.0 Å². The third-order valence-corrected chi connectivity index (χ3v) is 2.79. The van der Waals surface area contributed by atoms with Gasteiger partial charge in [-0.15, -0.1) is 0 Å². The molecular formula is C11H15BrO3. The van der Waals surface area contributed by atoms with Crippen molar-refractivity contribution in [3.05, 3.63) is 22.2 Å². The molecule has 0 aliphatic heterocycles. The molecule has 3 nitrogen and oxygen atoms in total. The van der Waals surface area contributed by atoms with E-state index in [-0.39, 0.29) is 0 Å². The smallest absolute Gasteiger partial charge is 0.161 e. The van der Waals surface area contributed by atoms with Crippen molar-refractivity contribution in [1.29, 1.82) is 0 Å². The van der Waals surface area contributed by atoms with Crippen molar-refractivity contribution >= 4 is 15.9 Å². The molecule has 0 heterocycles. The van der Waals surface area contributed by atoms with Gasteiger partial charge in [-0.1, -0.05) is 15.9 Å². The molecule has 0 bridgehead atoms. The van der Waals surface area contributed by atoms with E-state index < -0.39 is 5.60 Å². The summed E-state index contributed by atoms with van der Waals surface area (Å²) in [4.78, 5) is 0. The molecule has 0 radical (unpaired) electrons. The van der Waals surface area contributed by atoms with Crippen molar-refractivity contribution in [3.63, 3.8) is 0 Å². The van der Waals surface area contributed by atoms with Gasteiger partial charge in [0.05, 0.1) is 19.8 Å². The van der Waals surface area contributed by atoms with E-state index in [0.29, 0.717) is 11.5 Å². The number of aliphatic hydroxyl groups is 1. The maximum Gasteiger partial charge on any atom is 0.161 e. The molecule has 0 aliphatic rings. The van der Waals surface area contributed by atoms with E-state index in [1.165, 1.54) is 0 Å². The maximum atomic E-state index is 9.93. The van der Waals surface area contributed by atoms with Crippen LogP contribution < -0.4 is 9.47 Å². The Bertz CT molecular complexity index is 356. The number of benzene rings is 1. The van der Waals surface area contributed by atoms with Gasteiger partial charge < -0.3 is 14.6 Å². The third kappa shape index (κ3) is 2.63. The summed E-state index contributed by atoms with van der Waals surface area (Å²) >= 11 is 3.39. The standard InChI is InChI=1S/C11H15BrO3/c1-11(2,13)7-5-9(14-3)10(15-4)6-8(7)12/h5-6,13H,1-4H3. The lowest BCUT2D eigenvalue weighted by atomic mass is 9.98. The molecule has 0 fully saturated rings. The van der Waals surface area contributed by atoms with Crippen LogP contribution in [0.4, 0.5) is 0 Å². The molecule has 15 heavy (non-hydrogen) atoms. The SMILES string of the molecule is COc1cc(Br)c(C(C)(C)O)cc1OC. The van der Waals surface area contributed by atoms with Gasteiger partial charge in [-0.05, 0) is 26.0 Å². The van der Waals surface area contributed by atoms with Crippen molar-refractivity contribution in [3.8, 4) is 11.5 Å². The first-order valence-electron chi connectivity index (χ1n) is 4.54. The van der Waals surface area contributed by atoms with Gasteiger partial charge in [0.1, 0.15) is 0 Å². The van der Waals surface area contributed by atoms with Gasteiger partial charge in [0.25, 0.3) is 0 Å². The van der Waals surface area contributed by atoms with Crippen molar-refractivity contribution < 1.29 is 14.6 Å². The van der Waals surface area contributed by atoms with E-state index in [2.05, 4.69) is 15.9 Å². The molecule has 84 valence electrons. The number of rotatable bonds is 3. The van der Waals surface area contributed by atoms with Crippen molar-refractivity contribution in [2.45, 2.75) is 19.4 Å². The van der Waals surface area contributed by atoms with Crippen LogP contribution in [-0.2, 0) is 5.60 Å². The van der Waals surface area contributed by atoms with Gasteiger partial charge in [0.2, 0.25) is 0 Å². The van der Waals surface area contributed by atoms with Crippen LogP contribution in [0.5, 0.6) is 11.5 Å². The zero-order valence-corrected chi connectivity index (χ0v) is 10.9. The van der Waals surface area contributed by atoms with Gasteiger partial charge >= 0.3 is 0 Å². The monoisotopic (exact) mass is 274 g/mol. The molecule has 0 amide bonds. The Labute approximate surface area is 98.1 Å². The quantitative estimate of drug-likeness (QED) is 0.921. The fraction of sp³-hybridized carbons (Fsp3) is 0.455. The van der Waals surface area contributed by atoms with Crippen LogP contribution in [0.15, 0.2) is 16.6 Å². The fourth-order valence-electron chi connectivity index (χ4n) is 1.32. The van der Waals surface area contributed by atoms with Crippen LogP contribution in [0.3, 0.4) is 0 Å². The maximum absolute atomic E-state index is 9.93. The first-order chi connectivity index (χ1) is 6.90. The highest BCUT2D eigenvalue weighted by Crippen LogP contribution is 2.37. The highest BCUT2D eigenvalue weighted by atomic mass is 79.9. The van der Waals surface area contributed by atoms with Gasteiger partial charge in [-0.2, -0.15) is 0 Å². The van der Waals surface area contributed by atoms with Crippen LogP contribution in [0.1, 0.15) is 19.4 Å². The van der Waals surface area contributed by atoms with E-state index in [9.17, 15) is 5.11 Å². The Morgan fingerprint density at radius 2 is 1.60 bits per heavy atom. The summed E-state index contributed by atoms with van der Waals surface area (Å²) in [6.45, 7) is 3.44. The lowest BCUT2D eigenvalue weighted by molar-refractivity contribution is 0.0775. The summed E-state index contributed by atoms with van der Waals surface area (Å²) in [6.07, 6.45) is 0. The van der Waals surface area contributed by atoms with E-state index in [4.69, 9.17) is 9.47 Å². The van der Waals surface area contributed by atoms with Gasteiger partial charge in [-0.25, -0.2) is 0 Å². The Kier molecular flexibility index (Phi) is 3.62. The molecule has 0 aliphatic carbocycles. The molecule has 0 saturated carbocycles. The summed E-state index contributed by atoms with van der Waals surface area (Å²) < 4.78 is 11.1.